The van der Waals surface area contributed by atoms with Gasteiger partial charge in [-0.25, -0.2) is 13.1 Å². The van der Waals surface area contributed by atoms with Gasteiger partial charge in [0, 0.05) is 17.1 Å². The average Bonchev–Trinajstić information content (AvgIpc) is 2.43. The molecule has 2 unspecified atom stereocenters. The third-order valence-electron chi connectivity index (χ3n) is 4.03. The maximum absolute atomic E-state index is 12.4. The Bertz CT molecular complexity index is 606. The van der Waals surface area contributed by atoms with Crippen molar-refractivity contribution in [3.63, 3.8) is 0 Å². The van der Waals surface area contributed by atoms with Crippen LogP contribution in [-0.2, 0) is 16.6 Å². The van der Waals surface area contributed by atoms with Gasteiger partial charge in [-0.2, -0.15) is 0 Å². The summed E-state index contributed by atoms with van der Waals surface area (Å²) in [6, 6.07) is 4.67. The molecule has 5 nitrogen and oxygen atoms in total. The molecule has 7 heteroatoms. The number of benzene rings is 1. The van der Waals surface area contributed by atoms with E-state index in [1.54, 1.807) is 0 Å². The molecular weight excluding hydrogens is 312 g/mol. The predicted molar refractivity (Wildman–Crippen MR) is 82.8 cm³/mol. The van der Waals surface area contributed by atoms with Crippen LogP contribution in [0.2, 0.25) is 5.02 Å². The zero-order valence-corrected chi connectivity index (χ0v) is 13.8. The Morgan fingerprint density at radius 2 is 2.19 bits per heavy atom. The number of nitrogens with one attached hydrogen (secondary N) is 1. The molecule has 2 atom stereocenters. The van der Waals surface area contributed by atoms with E-state index in [0.717, 1.165) is 19.4 Å². The smallest absolute Gasteiger partial charge is 0.240 e. The van der Waals surface area contributed by atoms with Crippen molar-refractivity contribution in [3.8, 4) is 0 Å². The monoisotopic (exact) mass is 332 g/mol. The number of sulfonamides is 1. The van der Waals surface area contributed by atoms with Crippen LogP contribution in [0.4, 0.5) is 0 Å². The van der Waals surface area contributed by atoms with Gasteiger partial charge in [-0.1, -0.05) is 11.6 Å². The molecule has 1 aromatic carbocycles. The zero-order valence-electron chi connectivity index (χ0n) is 12.2. The van der Waals surface area contributed by atoms with Crippen LogP contribution in [0.5, 0.6) is 0 Å². The van der Waals surface area contributed by atoms with Crippen LogP contribution >= 0.6 is 11.6 Å². The summed E-state index contributed by atoms with van der Waals surface area (Å²) in [5.41, 5.74) is 0.413. The van der Waals surface area contributed by atoms with Gasteiger partial charge >= 0.3 is 0 Å². The van der Waals surface area contributed by atoms with Crippen LogP contribution in [0.1, 0.15) is 25.3 Å². The number of halogens is 1. The fourth-order valence-electron chi connectivity index (χ4n) is 2.52. The average molecular weight is 333 g/mol. The molecule has 21 heavy (non-hydrogen) atoms. The van der Waals surface area contributed by atoms with E-state index in [1.165, 1.54) is 18.2 Å². The highest BCUT2D eigenvalue weighted by Crippen LogP contribution is 2.22. The lowest BCUT2D eigenvalue weighted by atomic mass is 10.0. The minimum absolute atomic E-state index is 0.0607. The van der Waals surface area contributed by atoms with Crippen LogP contribution in [-0.4, -0.2) is 44.1 Å². The molecule has 1 fully saturated rings. The van der Waals surface area contributed by atoms with E-state index in [9.17, 15) is 13.5 Å². The highest BCUT2D eigenvalue weighted by atomic mass is 35.5. The minimum Gasteiger partial charge on any atom is -0.392 e. The zero-order chi connectivity index (χ0) is 15.6. The van der Waals surface area contributed by atoms with Gasteiger partial charge in [0.15, 0.2) is 0 Å². The Morgan fingerprint density at radius 1 is 1.48 bits per heavy atom. The van der Waals surface area contributed by atoms with Crippen molar-refractivity contribution in [1.82, 2.24) is 9.62 Å². The lowest BCUT2D eigenvalue weighted by Crippen LogP contribution is -2.47. The Morgan fingerprint density at radius 3 is 2.81 bits per heavy atom. The summed E-state index contributed by atoms with van der Waals surface area (Å²) in [4.78, 5) is 2.36. The Labute approximate surface area is 131 Å². The Balaban J connectivity index is 2.15. The lowest BCUT2D eigenvalue weighted by molar-refractivity contribution is 0.178. The molecule has 1 aliphatic heterocycles. The van der Waals surface area contributed by atoms with E-state index in [0.29, 0.717) is 16.6 Å². The number of hydrogen-bond acceptors (Lipinski definition) is 4. The van der Waals surface area contributed by atoms with Gasteiger partial charge < -0.3 is 10.0 Å². The van der Waals surface area contributed by atoms with Crippen molar-refractivity contribution >= 4 is 21.6 Å². The molecule has 0 aromatic heterocycles. The molecule has 1 aliphatic rings. The van der Waals surface area contributed by atoms with Crippen LogP contribution in [0, 0.1) is 0 Å². The first-order valence-electron chi connectivity index (χ1n) is 6.95. The van der Waals surface area contributed by atoms with Crippen molar-refractivity contribution in [2.45, 2.75) is 43.4 Å². The van der Waals surface area contributed by atoms with Crippen LogP contribution in [0.3, 0.4) is 0 Å². The van der Waals surface area contributed by atoms with E-state index < -0.39 is 10.0 Å². The summed E-state index contributed by atoms with van der Waals surface area (Å²) >= 11 is 5.89. The molecule has 0 spiro atoms. The van der Waals surface area contributed by atoms with E-state index in [1.807, 2.05) is 7.05 Å². The second-order valence-electron chi connectivity index (χ2n) is 5.58. The number of rotatable bonds is 4. The second-order valence-corrected chi connectivity index (χ2v) is 7.70. The summed E-state index contributed by atoms with van der Waals surface area (Å²) in [6.45, 7) is 2.68. The summed E-state index contributed by atoms with van der Waals surface area (Å²) in [6.07, 6.45) is 1.58. The van der Waals surface area contributed by atoms with Gasteiger partial charge in [0.05, 0.1) is 11.5 Å². The van der Waals surface area contributed by atoms with E-state index in [4.69, 9.17) is 11.6 Å². The quantitative estimate of drug-likeness (QED) is 0.878. The molecule has 0 radical (unpaired) electrons. The molecule has 0 saturated carbocycles. The SMILES string of the molecule is CC1CC(NS(=O)(=O)c2ccc(Cl)c(CO)c2)CCN1C. The van der Waals surface area contributed by atoms with Crippen molar-refractivity contribution in [2.24, 2.45) is 0 Å². The largest absolute Gasteiger partial charge is 0.392 e. The first-order chi connectivity index (χ1) is 9.83. The normalized spacial score (nSPS) is 24.2. The second kappa shape index (κ2) is 6.62. The van der Waals surface area contributed by atoms with Crippen molar-refractivity contribution in [2.75, 3.05) is 13.6 Å². The summed E-state index contributed by atoms with van der Waals surface area (Å²) < 4.78 is 27.6. The van der Waals surface area contributed by atoms with Gasteiger partial charge in [0.25, 0.3) is 0 Å². The number of likely N-dealkylation sites (tertiary alicyclic amines) is 1. The van der Waals surface area contributed by atoms with Crippen molar-refractivity contribution < 1.29 is 13.5 Å². The topological polar surface area (TPSA) is 69.6 Å². The van der Waals surface area contributed by atoms with Crippen LogP contribution in [0.15, 0.2) is 23.1 Å². The number of nitrogens with zero attached hydrogens (tertiary/aromatic N) is 1. The Hall–Kier alpha value is -0.660. The first kappa shape index (κ1) is 16.7. The van der Waals surface area contributed by atoms with Crippen LogP contribution in [0.25, 0.3) is 0 Å². The van der Waals surface area contributed by atoms with E-state index >= 15 is 0 Å². The van der Waals surface area contributed by atoms with Crippen molar-refractivity contribution in [1.29, 1.82) is 0 Å². The van der Waals surface area contributed by atoms with Gasteiger partial charge in [-0.15, -0.1) is 0 Å². The molecule has 1 saturated heterocycles. The molecule has 1 heterocycles. The highest BCUT2D eigenvalue weighted by molar-refractivity contribution is 7.89. The number of aliphatic hydroxyl groups is 1. The molecule has 1 aromatic rings. The molecule has 0 amide bonds. The van der Waals surface area contributed by atoms with Crippen molar-refractivity contribution in [3.05, 3.63) is 28.8 Å². The minimum atomic E-state index is -3.59. The van der Waals surface area contributed by atoms with Gasteiger partial charge in [-0.3, -0.25) is 0 Å². The number of aliphatic hydroxyl groups excluding tert-OH is 1. The Kier molecular flexibility index (Phi) is 5.27. The molecule has 2 rings (SSSR count). The summed E-state index contributed by atoms with van der Waals surface area (Å²) in [5, 5.41) is 9.55. The van der Waals surface area contributed by atoms with Gasteiger partial charge in [-0.05, 0) is 57.1 Å². The maximum Gasteiger partial charge on any atom is 0.240 e. The van der Waals surface area contributed by atoms with E-state index in [-0.39, 0.29) is 17.5 Å². The fraction of sp³-hybridized carbons (Fsp3) is 0.571. The van der Waals surface area contributed by atoms with E-state index in [2.05, 4.69) is 16.5 Å². The number of piperidine rings is 1. The third-order valence-corrected chi connectivity index (χ3v) is 5.91. The lowest BCUT2D eigenvalue weighted by Gasteiger charge is -2.35. The predicted octanol–water partition coefficient (Wildman–Crippen LogP) is 1.59. The third kappa shape index (κ3) is 3.96. The summed E-state index contributed by atoms with van der Waals surface area (Å²) in [5.74, 6) is 0. The highest BCUT2D eigenvalue weighted by Gasteiger charge is 2.27. The molecule has 0 bridgehead atoms. The fourth-order valence-corrected chi connectivity index (χ4v) is 4.03. The molecular formula is C14H21ClN2O3S. The van der Waals surface area contributed by atoms with Gasteiger partial charge in [0.1, 0.15) is 0 Å². The first-order valence-corrected chi connectivity index (χ1v) is 8.81. The maximum atomic E-state index is 12.4. The number of hydrogen-bond donors (Lipinski definition) is 2. The van der Waals surface area contributed by atoms with Crippen LogP contribution < -0.4 is 4.72 Å². The van der Waals surface area contributed by atoms with Gasteiger partial charge in [0.2, 0.25) is 10.0 Å². The molecule has 0 aliphatic carbocycles. The molecule has 2 N–H and O–H groups in total. The summed E-state index contributed by atoms with van der Waals surface area (Å²) in [7, 11) is -1.54. The standard InChI is InChI=1S/C14H21ClN2O3S/c1-10-7-12(5-6-17(10)2)16-21(19,20)13-3-4-14(15)11(8-13)9-18/h3-4,8,10,12,16,18H,5-7,9H2,1-2H3. The molecule has 118 valence electrons.